The summed E-state index contributed by atoms with van der Waals surface area (Å²) in [6.45, 7) is 0.156. The van der Waals surface area contributed by atoms with E-state index in [1.807, 2.05) is 0 Å². The van der Waals surface area contributed by atoms with Crippen LogP contribution in [-0.2, 0) is 6.54 Å². The minimum Gasteiger partial charge on any atom is -0.292 e. The van der Waals surface area contributed by atoms with E-state index >= 15 is 0 Å². The molecule has 0 fully saturated rings. The van der Waals surface area contributed by atoms with Gasteiger partial charge in [0.2, 0.25) is 0 Å². The lowest BCUT2D eigenvalue weighted by molar-refractivity contribution is 0.0968. The molecule has 17 heavy (non-hydrogen) atoms. The van der Waals surface area contributed by atoms with Gasteiger partial charge in [0, 0.05) is 16.8 Å². The Bertz CT molecular complexity index is 568. The highest BCUT2D eigenvalue weighted by atomic mass is 127. The SMILES string of the molecule is O=C(Cn1cc(I)cn1)c1cc(Cl)ccc1Cl. The zero-order valence-corrected chi connectivity index (χ0v) is 12.2. The Morgan fingerprint density at radius 2 is 2.18 bits per heavy atom. The van der Waals surface area contributed by atoms with Crippen molar-refractivity contribution < 1.29 is 4.79 Å². The standard InChI is InChI=1S/C11H7Cl2IN2O/c12-7-1-2-10(13)9(3-7)11(17)6-16-5-8(14)4-15-16/h1-5H,6H2. The number of benzene rings is 1. The topological polar surface area (TPSA) is 34.9 Å². The third-order valence-electron chi connectivity index (χ3n) is 2.14. The Balaban J connectivity index is 2.22. The van der Waals surface area contributed by atoms with Crippen molar-refractivity contribution in [1.29, 1.82) is 0 Å². The van der Waals surface area contributed by atoms with Gasteiger partial charge in [-0.2, -0.15) is 5.10 Å². The van der Waals surface area contributed by atoms with Gasteiger partial charge in [0.25, 0.3) is 0 Å². The molecule has 0 amide bonds. The number of hydrogen-bond acceptors (Lipinski definition) is 2. The van der Waals surface area contributed by atoms with Crippen LogP contribution >= 0.6 is 45.8 Å². The van der Waals surface area contributed by atoms with E-state index in [4.69, 9.17) is 23.2 Å². The first-order valence-electron chi connectivity index (χ1n) is 4.72. The third kappa shape index (κ3) is 3.20. The molecule has 0 saturated heterocycles. The maximum absolute atomic E-state index is 12.0. The highest BCUT2D eigenvalue weighted by Gasteiger charge is 2.12. The average Bonchev–Trinajstić information content (AvgIpc) is 2.67. The van der Waals surface area contributed by atoms with Crippen molar-refractivity contribution in [3.63, 3.8) is 0 Å². The normalized spacial score (nSPS) is 10.5. The van der Waals surface area contributed by atoms with E-state index in [0.717, 1.165) is 3.57 Å². The van der Waals surface area contributed by atoms with E-state index in [1.165, 1.54) is 0 Å². The first kappa shape index (κ1) is 12.9. The van der Waals surface area contributed by atoms with Crippen LogP contribution in [-0.4, -0.2) is 15.6 Å². The van der Waals surface area contributed by atoms with Crippen LogP contribution < -0.4 is 0 Å². The molecule has 1 heterocycles. The molecular formula is C11H7Cl2IN2O. The number of rotatable bonds is 3. The van der Waals surface area contributed by atoms with Gasteiger partial charge in [0.05, 0.1) is 14.8 Å². The molecule has 88 valence electrons. The summed E-state index contributed by atoms with van der Waals surface area (Å²) in [6.07, 6.45) is 3.48. The van der Waals surface area contributed by atoms with Crippen molar-refractivity contribution in [2.75, 3.05) is 0 Å². The Hall–Kier alpha value is -0.590. The van der Waals surface area contributed by atoms with E-state index in [2.05, 4.69) is 27.7 Å². The van der Waals surface area contributed by atoms with Crippen LogP contribution in [0.15, 0.2) is 30.6 Å². The molecule has 0 radical (unpaired) electrons. The molecule has 2 aromatic rings. The number of nitrogens with zero attached hydrogens (tertiary/aromatic N) is 2. The monoisotopic (exact) mass is 380 g/mol. The fraction of sp³-hybridized carbons (Fsp3) is 0.0909. The molecule has 6 heteroatoms. The van der Waals surface area contributed by atoms with Crippen LogP contribution in [0.25, 0.3) is 0 Å². The predicted molar refractivity (Wildman–Crippen MR) is 75.7 cm³/mol. The summed E-state index contributed by atoms with van der Waals surface area (Å²) in [6, 6.07) is 4.84. The number of carbonyl (C=O) groups excluding carboxylic acids is 1. The minimum absolute atomic E-state index is 0.114. The van der Waals surface area contributed by atoms with Crippen LogP contribution in [0.3, 0.4) is 0 Å². The second-order valence-corrected chi connectivity index (χ2v) is 5.49. The summed E-state index contributed by atoms with van der Waals surface area (Å²) in [5, 5.41) is 4.94. The molecule has 0 spiro atoms. The molecule has 0 bridgehead atoms. The lowest BCUT2D eigenvalue weighted by atomic mass is 10.1. The van der Waals surface area contributed by atoms with Crippen molar-refractivity contribution in [3.8, 4) is 0 Å². The smallest absolute Gasteiger partial charge is 0.185 e. The number of carbonyl (C=O) groups is 1. The summed E-state index contributed by atoms with van der Waals surface area (Å²) in [5.41, 5.74) is 0.421. The highest BCUT2D eigenvalue weighted by Crippen LogP contribution is 2.21. The number of ketones is 1. The Morgan fingerprint density at radius 3 is 2.82 bits per heavy atom. The minimum atomic E-state index is -0.114. The van der Waals surface area contributed by atoms with Gasteiger partial charge in [-0.25, -0.2) is 0 Å². The van der Waals surface area contributed by atoms with Gasteiger partial charge in [0.1, 0.15) is 6.54 Å². The molecule has 0 N–H and O–H groups in total. The fourth-order valence-corrected chi connectivity index (χ4v) is 2.21. The predicted octanol–water partition coefficient (Wildman–Crippen LogP) is 3.68. The second-order valence-electron chi connectivity index (χ2n) is 3.40. The molecule has 2 rings (SSSR count). The van der Waals surface area contributed by atoms with Crippen molar-refractivity contribution >= 4 is 51.6 Å². The molecular weight excluding hydrogens is 374 g/mol. The van der Waals surface area contributed by atoms with Crippen LogP contribution in [0.2, 0.25) is 10.0 Å². The van der Waals surface area contributed by atoms with Crippen LogP contribution in [0.1, 0.15) is 10.4 Å². The van der Waals surface area contributed by atoms with E-state index in [-0.39, 0.29) is 12.3 Å². The van der Waals surface area contributed by atoms with Crippen molar-refractivity contribution in [2.24, 2.45) is 0 Å². The number of hydrogen-bond donors (Lipinski definition) is 0. The summed E-state index contributed by atoms with van der Waals surface area (Å²) < 4.78 is 2.55. The average molecular weight is 381 g/mol. The number of aromatic nitrogens is 2. The second kappa shape index (κ2) is 5.37. The summed E-state index contributed by atoms with van der Waals surface area (Å²) in [7, 11) is 0. The molecule has 0 saturated carbocycles. The third-order valence-corrected chi connectivity index (χ3v) is 3.26. The summed E-state index contributed by atoms with van der Waals surface area (Å²) in [4.78, 5) is 12.0. The fourth-order valence-electron chi connectivity index (χ4n) is 1.37. The van der Waals surface area contributed by atoms with Gasteiger partial charge >= 0.3 is 0 Å². The summed E-state index contributed by atoms with van der Waals surface area (Å²) in [5.74, 6) is -0.114. The first-order valence-corrected chi connectivity index (χ1v) is 6.56. The molecule has 0 unspecified atom stereocenters. The van der Waals surface area contributed by atoms with Crippen LogP contribution in [0.5, 0.6) is 0 Å². The molecule has 1 aromatic carbocycles. The zero-order valence-electron chi connectivity index (χ0n) is 8.53. The quantitative estimate of drug-likeness (QED) is 0.601. The lowest BCUT2D eigenvalue weighted by Gasteiger charge is -2.04. The largest absolute Gasteiger partial charge is 0.292 e. The maximum atomic E-state index is 12.0. The van der Waals surface area contributed by atoms with Gasteiger partial charge in [-0.1, -0.05) is 23.2 Å². The van der Waals surface area contributed by atoms with Gasteiger partial charge < -0.3 is 0 Å². The molecule has 0 aliphatic heterocycles. The molecule has 3 nitrogen and oxygen atoms in total. The van der Waals surface area contributed by atoms with Crippen molar-refractivity contribution in [3.05, 3.63) is 49.8 Å². The van der Waals surface area contributed by atoms with Crippen LogP contribution in [0.4, 0.5) is 0 Å². The maximum Gasteiger partial charge on any atom is 0.185 e. The molecule has 0 aliphatic rings. The van der Waals surface area contributed by atoms with Gasteiger partial charge in [-0.05, 0) is 40.8 Å². The van der Waals surface area contributed by atoms with Crippen LogP contribution in [0, 0.1) is 3.57 Å². The highest BCUT2D eigenvalue weighted by molar-refractivity contribution is 14.1. The Morgan fingerprint density at radius 1 is 1.41 bits per heavy atom. The van der Waals surface area contributed by atoms with Gasteiger partial charge in [-0.3, -0.25) is 9.48 Å². The Labute approximate surface area is 122 Å². The lowest BCUT2D eigenvalue weighted by Crippen LogP contribution is -2.11. The number of Topliss-reactive ketones (excluding diaryl/α,β-unsaturated/α-hetero) is 1. The van der Waals surface area contributed by atoms with Crippen molar-refractivity contribution in [1.82, 2.24) is 9.78 Å². The van der Waals surface area contributed by atoms with E-state index in [9.17, 15) is 4.79 Å². The number of halogens is 3. The van der Waals surface area contributed by atoms with E-state index in [0.29, 0.717) is 15.6 Å². The molecule has 1 aromatic heterocycles. The van der Waals surface area contributed by atoms with Gasteiger partial charge in [-0.15, -0.1) is 0 Å². The van der Waals surface area contributed by atoms with E-state index in [1.54, 1.807) is 35.3 Å². The first-order chi connectivity index (χ1) is 8.06. The van der Waals surface area contributed by atoms with E-state index < -0.39 is 0 Å². The van der Waals surface area contributed by atoms with Crippen molar-refractivity contribution in [2.45, 2.75) is 6.54 Å². The molecule has 0 atom stereocenters. The van der Waals surface area contributed by atoms with Gasteiger partial charge in [0.15, 0.2) is 5.78 Å². The molecule has 0 aliphatic carbocycles. The zero-order chi connectivity index (χ0) is 12.4. The summed E-state index contributed by atoms with van der Waals surface area (Å²) >= 11 is 13.9. The Kier molecular flexibility index (Phi) is 4.06.